The van der Waals surface area contributed by atoms with Gasteiger partial charge in [-0.05, 0) is 37.5 Å². The number of nitrogens with two attached hydrogens (primary N) is 1. The van der Waals surface area contributed by atoms with Crippen LogP contribution in [0, 0.1) is 6.92 Å². The van der Waals surface area contributed by atoms with Crippen molar-refractivity contribution in [2.45, 2.75) is 32.2 Å². The van der Waals surface area contributed by atoms with Gasteiger partial charge in [0.1, 0.15) is 0 Å². The molecule has 7 heteroatoms. The average Bonchev–Trinajstić information content (AvgIpc) is 3.00. The first-order valence-electron chi connectivity index (χ1n) is 8.93. The van der Waals surface area contributed by atoms with Gasteiger partial charge in [0.05, 0.1) is 30.5 Å². The summed E-state index contributed by atoms with van der Waals surface area (Å²) in [6, 6.07) is 5.98. The van der Waals surface area contributed by atoms with E-state index in [1.54, 1.807) is 6.92 Å². The first-order chi connectivity index (χ1) is 12.6. The number of nitrogens with zero attached hydrogens (tertiary/aromatic N) is 3. The second kappa shape index (κ2) is 6.82. The molecule has 0 spiro atoms. The van der Waals surface area contributed by atoms with Crippen LogP contribution in [0.25, 0.3) is 0 Å². The monoisotopic (exact) mass is 354 g/mol. The number of aryl methyl sites for hydroxylation is 1. The topological polar surface area (TPSA) is 90.6 Å². The van der Waals surface area contributed by atoms with Gasteiger partial charge in [-0.25, -0.2) is 9.97 Å². The zero-order chi connectivity index (χ0) is 18.1. The van der Waals surface area contributed by atoms with Crippen LogP contribution >= 0.6 is 0 Å². The maximum Gasteiger partial charge on any atom is 0.257 e. The molecule has 2 aromatic rings. The Hall–Kier alpha value is -2.83. The molecular weight excluding hydrogens is 332 g/mol. The van der Waals surface area contributed by atoms with Gasteiger partial charge in [-0.3, -0.25) is 4.79 Å². The average molecular weight is 354 g/mol. The number of rotatable bonds is 2. The standard InChI is InChI=1S/C19H22N4O3/c1-12-14(11-21-19(20)22-12)18(24)23-7-2-4-15(23)13-5-6-16-17(10-13)26-9-3-8-25-16/h5-6,10-11,15H,2-4,7-9H2,1H3,(H2,20,21,22). The number of aromatic nitrogens is 2. The van der Waals surface area contributed by atoms with Crippen LogP contribution in [0.5, 0.6) is 11.5 Å². The van der Waals surface area contributed by atoms with Gasteiger partial charge in [0.2, 0.25) is 5.95 Å². The molecule has 0 radical (unpaired) electrons. The molecule has 2 aliphatic heterocycles. The Labute approximate surface area is 152 Å². The molecule has 0 saturated carbocycles. The Morgan fingerprint density at radius 1 is 1.23 bits per heavy atom. The van der Waals surface area contributed by atoms with Crippen LogP contribution in [0.4, 0.5) is 5.95 Å². The van der Waals surface area contributed by atoms with E-state index in [9.17, 15) is 4.79 Å². The summed E-state index contributed by atoms with van der Waals surface area (Å²) in [5, 5.41) is 0. The number of nitrogen functional groups attached to an aromatic ring is 1. The van der Waals surface area contributed by atoms with Crippen LogP contribution in [0.2, 0.25) is 0 Å². The van der Waals surface area contributed by atoms with Gasteiger partial charge in [0.15, 0.2) is 11.5 Å². The summed E-state index contributed by atoms with van der Waals surface area (Å²) in [5.74, 6) is 1.65. The van der Waals surface area contributed by atoms with Crippen molar-refractivity contribution in [2.75, 3.05) is 25.5 Å². The number of hydrogen-bond acceptors (Lipinski definition) is 6. The molecule has 0 aliphatic carbocycles. The second-order valence-electron chi connectivity index (χ2n) is 6.64. The molecule has 1 fully saturated rings. The van der Waals surface area contributed by atoms with Crippen LogP contribution in [-0.4, -0.2) is 40.5 Å². The zero-order valence-electron chi connectivity index (χ0n) is 14.8. The molecule has 4 rings (SSSR count). The molecule has 7 nitrogen and oxygen atoms in total. The molecule has 1 amide bonds. The SMILES string of the molecule is Cc1nc(N)ncc1C(=O)N1CCCC1c1ccc2c(c1)OCCCO2. The van der Waals surface area contributed by atoms with Gasteiger partial charge in [0, 0.05) is 19.2 Å². The van der Waals surface area contributed by atoms with Gasteiger partial charge in [-0.15, -0.1) is 0 Å². The lowest BCUT2D eigenvalue weighted by atomic mass is 10.0. The highest BCUT2D eigenvalue weighted by Gasteiger charge is 2.32. The van der Waals surface area contributed by atoms with Crippen LogP contribution in [0.15, 0.2) is 24.4 Å². The minimum Gasteiger partial charge on any atom is -0.490 e. The molecular formula is C19H22N4O3. The molecule has 1 saturated heterocycles. The third-order valence-corrected chi connectivity index (χ3v) is 4.90. The number of benzene rings is 1. The van der Waals surface area contributed by atoms with E-state index in [2.05, 4.69) is 9.97 Å². The third kappa shape index (κ3) is 3.05. The fourth-order valence-electron chi connectivity index (χ4n) is 3.59. The van der Waals surface area contributed by atoms with Crippen molar-refractivity contribution in [3.63, 3.8) is 0 Å². The highest BCUT2D eigenvalue weighted by Crippen LogP contribution is 2.38. The maximum atomic E-state index is 13.1. The number of likely N-dealkylation sites (tertiary alicyclic amines) is 1. The maximum absolute atomic E-state index is 13.1. The summed E-state index contributed by atoms with van der Waals surface area (Å²) in [6.45, 7) is 3.80. The largest absolute Gasteiger partial charge is 0.490 e. The fraction of sp³-hybridized carbons (Fsp3) is 0.421. The predicted octanol–water partition coefficient (Wildman–Crippen LogP) is 2.51. The molecule has 2 N–H and O–H groups in total. The van der Waals surface area contributed by atoms with Crippen molar-refractivity contribution in [1.29, 1.82) is 0 Å². The van der Waals surface area contributed by atoms with Gasteiger partial charge >= 0.3 is 0 Å². The summed E-state index contributed by atoms with van der Waals surface area (Å²) in [4.78, 5) is 23.0. The number of carbonyl (C=O) groups excluding carboxylic acids is 1. The lowest BCUT2D eigenvalue weighted by molar-refractivity contribution is 0.0733. The smallest absolute Gasteiger partial charge is 0.257 e. The van der Waals surface area contributed by atoms with Crippen molar-refractivity contribution in [1.82, 2.24) is 14.9 Å². The minimum absolute atomic E-state index is 0.0107. The van der Waals surface area contributed by atoms with Crippen LogP contribution < -0.4 is 15.2 Å². The normalized spacial score (nSPS) is 19.3. The number of fused-ring (bicyclic) bond motifs is 1. The van der Waals surface area contributed by atoms with Crippen molar-refractivity contribution in [2.24, 2.45) is 0 Å². The van der Waals surface area contributed by atoms with E-state index >= 15 is 0 Å². The van der Waals surface area contributed by atoms with E-state index in [0.717, 1.165) is 36.3 Å². The number of hydrogen-bond donors (Lipinski definition) is 1. The minimum atomic E-state index is -0.0582. The first kappa shape index (κ1) is 16.6. The Bertz CT molecular complexity index is 840. The number of ether oxygens (including phenoxy) is 2. The summed E-state index contributed by atoms with van der Waals surface area (Å²) in [5.41, 5.74) is 7.77. The number of anilines is 1. The first-order valence-corrected chi connectivity index (χ1v) is 8.93. The van der Waals surface area contributed by atoms with Crippen molar-refractivity contribution in [3.8, 4) is 11.5 Å². The quantitative estimate of drug-likeness (QED) is 0.891. The van der Waals surface area contributed by atoms with Crippen LogP contribution in [0.3, 0.4) is 0 Å². The Morgan fingerprint density at radius 2 is 2.04 bits per heavy atom. The van der Waals surface area contributed by atoms with Crippen molar-refractivity contribution in [3.05, 3.63) is 41.2 Å². The van der Waals surface area contributed by atoms with Crippen LogP contribution in [-0.2, 0) is 0 Å². The summed E-state index contributed by atoms with van der Waals surface area (Å²) in [7, 11) is 0. The van der Waals surface area contributed by atoms with E-state index in [0.29, 0.717) is 31.0 Å². The van der Waals surface area contributed by atoms with Gasteiger partial charge < -0.3 is 20.1 Å². The lowest BCUT2D eigenvalue weighted by Crippen LogP contribution is -2.31. The number of amides is 1. The van der Waals surface area contributed by atoms with Gasteiger partial charge in [-0.2, -0.15) is 0 Å². The van der Waals surface area contributed by atoms with Gasteiger partial charge in [-0.1, -0.05) is 6.07 Å². The molecule has 3 heterocycles. The summed E-state index contributed by atoms with van der Waals surface area (Å²) in [6.07, 6.45) is 4.26. The Kier molecular flexibility index (Phi) is 4.36. The van der Waals surface area contributed by atoms with E-state index in [4.69, 9.17) is 15.2 Å². The van der Waals surface area contributed by atoms with E-state index in [1.807, 2.05) is 23.1 Å². The fourth-order valence-corrected chi connectivity index (χ4v) is 3.59. The molecule has 1 aromatic carbocycles. The Balaban J connectivity index is 1.62. The van der Waals surface area contributed by atoms with Crippen LogP contribution in [0.1, 0.15) is 46.9 Å². The summed E-state index contributed by atoms with van der Waals surface area (Å²) >= 11 is 0. The highest BCUT2D eigenvalue weighted by molar-refractivity contribution is 5.95. The summed E-state index contributed by atoms with van der Waals surface area (Å²) < 4.78 is 11.5. The predicted molar refractivity (Wildman–Crippen MR) is 96.2 cm³/mol. The number of carbonyl (C=O) groups is 1. The zero-order valence-corrected chi connectivity index (χ0v) is 14.8. The third-order valence-electron chi connectivity index (χ3n) is 4.90. The van der Waals surface area contributed by atoms with Crippen molar-refractivity contribution < 1.29 is 14.3 Å². The highest BCUT2D eigenvalue weighted by atomic mass is 16.5. The molecule has 1 unspecified atom stereocenters. The van der Waals surface area contributed by atoms with Crippen molar-refractivity contribution >= 4 is 11.9 Å². The molecule has 2 aliphatic rings. The molecule has 1 aromatic heterocycles. The van der Waals surface area contributed by atoms with Gasteiger partial charge in [0.25, 0.3) is 5.91 Å². The molecule has 0 bridgehead atoms. The molecule has 26 heavy (non-hydrogen) atoms. The second-order valence-corrected chi connectivity index (χ2v) is 6.64. The molecule has 1 atom stereocenters. The molecule has 136 valence electrons. The van der Waals surface area contributed by atoms with E-state index in [-0.39, 0.29) is 17.9 Å². The van der Waals surface area contributed by atoms with E-state index < -0.39 is 0 Å². The lowest BCUT2D eigenvalue weighted by Gasteiger charge is -2.26. The Morgan fingerprint density at radius 3 is 2.85 bits per heavy atom. The van der Waals surface area contributed by atoms with E-state index in [1.165, 1.54) is 6.20 Å².